The molecule has 0 bridgehead atoms. The summed E-state index contributed by atoms with van der Waals surface area (Å²) in [5.74, 6) is 0.596. The maximum atomic E-state index is 12.6. The number of benzene rings is 2. The topological polar surface area (TPSA) is 58.6 Å². The molecule has 25 heavy (non-hydrogen) atoms. The molecule has 1 atom stereocenters. The smallest absolute Gasteiger partial charge is 0.267 e. The molecule has 5 heteroatoms. The monoisotopic (exact) mass is 338 g/mol. The van der Waals surface area contributed by atoms with E-state index < -0.39 is 6.10 Å². The number of para-hydroxylation sites is 2. The van der Waals surface area contributed by atoms with Crippen LogP contribution < -0.4 is 15.0 Å². The molecule has 1 aliphatic rings. The number of carbonyl (C=O) groups is 2. The van der Waals surface area contributed by atoms with Gasteiger partial charge in [0.1, 0.15) is 5.75 Å². The summed E-state index contributed by atoms with van der Waals surface area (Å²) in [6, 6.07) is 15.0. The highest BCUT2D eigenvalue weighted by Gasteiger charge is 2.32. The van der Waals surface area contributed by atoms with E-state index in [1.54, 1.807) is 11.0 Å². The van der Waals surface area contributed by atoms with E-state index in [9.17, 15) is 9.59 Å². The van der Waals surface area contributed by atoms with Gasteiger partial charge in [-0.3, -0.25) is 9.59 Å². The Labute approximate surface area is 147 Å². The lowest BCUT2D eigenvalue weighted by Crippen LogP contribution is -2.48. The molecule has 5 nitrogen and oxygen atoms in total. The number of nitrogens with one attached hydrogen (secondary N) is 1. The molecule has 1 aliphatic heterocycles. The maximum absolute atomic E-state index is 12.6. The van der Waals surface area contributed by atoms with Gasteiger partial charge >= 0.3 is 0 Å². The normalized spacial score (nSPS) is 16.2. The molecule has 0 radical (unpaired) electrons. The van der Waals surface area contributed by atoms with Crippen LogP contribution in [0.1, 0.15) is 32.3 Å². The van der Waals surface area contributed by atoms with Crippen molar-refractivity contribution in [3.8, 4) is 5.75 Å². The molecule has 0 fully saturated rings. The Morgan fingerprint density at radius 3 is 2.44 bits per heavy atom. The van der Waals surface area contributed by atoms with Crippen molar-refractivity contribution in [3.63, 3.8) is 0 Å². The van der Waals surface area contributed by atoms with Crippen molar-refractivity contribution >= 4 is 23.2 Å². The highest BCUT2D eigenvalue weighted by Crippen LogP contribution is 2.33. The summed E-state index contributed by atoms with van der Waals surface area (Å²) < 4.78 is 5.80. The van der Waals surface area contributed by atoms with Gasteiger partial charge in [0.05, 0.1) is 12.2 Å². The fourth-order valence-corrected chi connectivity index (χ4v) is 2.84. The van der Waals surface area contributed by atoms with Gasteiger partial charge in [0, 0.05) is 12.6 Å². The molecule has 0 saturated carbocycles. The largest absolute Gasteiger partial charge is 0.476 e. The molecule has 1 N–H and O–H groups in total. The number of fused-ring (bicyclic) bond motifs is 1. The Morgan fingerprint density at radius 2 is 1.80 bits per heavy atom. The van der Waals surface area contributed by atoms with E-state index in [4.69, 9.17) is 4.74 Å². The van der Waals surface area contributed by atoms with Crippen molar-refractivity contribution in [1.29, 1.82) is 0 Å². The second-order valence-corrected chi connectivity index (χ2v) is 6.47. The molecule has 0 unspecified atom stereocenters. The number of nitrogens with zero attached hydrogens (tertiary/aromatic N) is 1. The van der Waals surface area contributed by atoms with Crippen LogP contribution in [0.2, 0.25) is 0 Å². The van der Waals surface area contributed by atoms with Crippen LogP contribution in [-0.2, 0) is 9.59 Å². The first-order chi connectivity index (χ1) is 12.0. The van der Waals surface area contributed by atoms with Gasteiger partial charge in [-0.2, -0.15) is 0 Å². The quantitative estimate of drug-likeness (QED) is 0.931. The lowest BCUT2D eigenvalue weighted by atomic mass is 10.0. The summed E-state index contributed by atoms with van der Waals surface area (Å²) in [5, 5.41) is 2.87. The van der Waals surface area contributed by atoms with E-state index >= 15 is 0 Å². The summed E-state index contributed by atoms with van der Waals surface area (Å²) in [6.45, 7) is 5.93. The van der Waals surface area contributed by atoms with Crippen LogP contribution in [0.25, 0.3) is 0 Å². The van der Waals surface area contributed by atoms with Gasteiger partial charge in [-0.05, 0) is 35.7 Å². The van der Waals surface area contributed by atoms with Crippen molar-refractivity contribution in [2.75, 3.05) is 16.8 Å². The van der Waals surface area contributed by atoms with Crippen molar-refractivity contribution in [2.45, 2.75) is 32.8 Å². The van der Waals surface area contributed by atoms with Crippen LogP contribution in [0.15, 0.2) is 48.5 Å². The Balaban J connectivity index is 1.75. The number of amides is 2. The zero-order chi connectivity index (χ0) is 18.0. The predicted octanol–water partition coefficient (Wildman–Crippen LogP) is 3.56. The second-order valence-electron chi connectivity index (χ2n) is 6.47. The van der Waals surface area contributed by atoms with Crippen molar-refractivity contribution in [3.05, 3.63) is 54.1 Å². The molecule has 130 valence electrons. The molecule has 1 heterocycles. The fourth-order valence-electron chi connectivity index (χ4n) is 2.84. The molecule has 2 amide bonds. The third kappa shape index (κ3) is 3.65. The molecule has 3 rings (SSSR count). The molecule has 0 spiro atoms. The number of hydrogen-bond acceptors (Lipinski definition) is 3. The van der Waals surface area contributed by atoms with Crippen molar-refractivity contribution in [2.24, 2.45) is 0 Å². The minimum absolute atomic E-state index is 0.116. The summed E-state index contributed by atoms with van der Waals surface area (Å²) in [4.78, 5) is 26.1. The summed E-state index contributed by atoms with van der Waals surface area (Å²) >= 11 is 0. The molecule has 0 saturated heterocycles. The molecule has 2 aromatic rings. The Kier molecular flexibility index (Phi) is 4.74. The van der Waals surface area contributed by atoms with Crippen LogP contribution in [0.5, 0.6) is 5.75 Å². The number of rotatable bonds is 3. The second kappa shape index (κ2) is 6.97. The number of carbonyl (C=O) groups excluding carboxylic acids is 2. The summed E-state index contributed by atoms with van der Waals surface area (Å²) in [6.07, 6.45) is -0.747. The predicted molar refractivity (Wildman–Crippen MR) is 98.0 cm³/mol. The average Bonchev–Trinajstić information content (AvgIpc) is 2.61. The fraction of sp³-hybridized carbons (Fsp3) is 0.300. The van der Waals surface area contributed by atoms with Crippen LogP contribution in [0.4, 0.5) is 11.4 Å². The Bertz CT molecular complexity index is 784. The van der Waals surface area contributed by atoms with E-state index in [0.29, 0.717) is 23.0 Å². The van der Waals surface area contributed by atoms with E-state index in [1.165, 1.54) is 12.5 Å². The van der Waals surface area contributed by atoms with Gasteiger partial charge in [0.25, 0.3) is 5.91 Å². The maximum Gasteiger partial charge on any atom is 0.267 e. The summed E-state index contributed by atoms with van der Waals surface area (Å²) in [7, 11) is 0. The number of hydrogen-bond donors (Lipinski definition) is 1. The van der Waals surface area contributed by atoms with Crippen molar-refractivity contribution < 1.29 is 14.3 Å². The van der Waals surface area contributed by atoms with E-state index in [0.717, 1.165) is 0 Å². The lowest BCUT2D eigenvalue weighted by Gasteiger charge is -2.33. The standard InChI is InChI=1S/C20H22N2O3/c1-13(2)15-8-10-16(11-9-15)21-20(24)19-12-22(14(3)23)17-6-4-5-7-18(17)25-19/h4-11,13,19H,12H2,1-3H3,(H,21,24)/t19-/m1/s1. The first-order valence-corrected chi connectivity index (χ1v) is 8.40. The van der Waals surface area contributed by atoms with E-state index in [1.807, 2.05) is 42.5 Å². The van der Waals surface area contributed by atoms with Gasteiger partial charge in [0.15, 0.2) is 6.10 Å². The third-order valence-corrected chi connectivity index (χ3v) is 4.29. The average molecular weight is 338 g/mol. The molecular weight excluding hydrogens is 316 g/mol. The van der Waals surface area contributed by atoms with E-state index in [-0.39, 0.29) is 18.4 Å². The molecular formula is C20H22N2O3. The molecule has 0 aromatic heterocycles. The summed E-state index contributed by atoms with van der Waals surface area (Å²) in [5.41, 5.74) is 2.62. The SMILES string of the molecule is CC(=O)N1C[C@H](C(=O)Nc2ccc(C(C)C)cc2)Oc2ccccc21. The lowest BCUT2D eigenvalue weighted by molar-refractivity contribution is -0.123. The highest BCUT2D eigenvalue weighted by atomic mass is 16.5. The highest BCUT2D eigenvalue weighted by molar-refractivity contribution is 5.99. The van der Waals surface area contributed by atoms with Crippen LogP contribution >= 0.6 is 0 Å². The minimum atomic E-state index is -0.747. The Morgan fingerprint density at radius 1 is 1.12 bits per heavy atom. The third-order valence-electron chi connectivity index (χ3n) is 4.29. The molecule has 0 aliphatic carbocycles. The van der Waals surface area contributed by atoms with Gasteiger partial charge in [-0.15, -0.1) is 0 Å². The first kappa shape index (κ1) is 17.0. The first-order valence-electron chi connectivity index (χ1n) is 8.40. The van der Waals surface area contributed by atoms with Gasteiger partial charge < -0.3 is 15.0 Å². The van der Waals surface area contributed by atoms with Crippen LogP contribution in [0.3, 0.4) is 0 Å². The zero-order valence-corrected chi connectivity index (χ0v) is 14.7. The van der Waals surface area contributed by atoms with Gasteiger partial charge in [-0.25, -0.2) is 0 Å². The number of anilines is 2. The molecule has 2 aromatic carbocycles. The van der Waals surface area contributed by atoms with Gasteiger partial charge in [-0.1, -0.05) is 38.1 Å². The number of ether oxygens (including phenoxy) is 1. The zero-order valence-electron chi connectivity index (χ0n) is 14.7. The van der Waals surface area contributed by atoms with Crippen LogP contribution in [-0.4, -0.2) is 24.5 Å². The van der Waals surface area contributed by atoms with Crippen molar-refractivity contribution in [1.82, 2.24) is 0 Å². The minimum Gasteiger partial charge on any atom is -0.476 e. The van der Waals surface area contributed by atoms with Gasteiger partial charge in [0.2, 0.25) is 5.91 Å². The van der Waals surface area contributed by atoms with Crippen LogP contribution in [0, 0.1) is 0 Å². The Hall–Kier alpha value is -2.82. The van der Waals surface area contributed by atoms with E-state index in [2.05, 4.69) is 19.2 Å².